The van der Waals surface area contributed by atoms with Crippen LogP contribution in [0.2, 0.25) is 10.0 Å². The molecule has 386 valence electrons. The highest BCUT2D eigenvalue weighted by Crippen LogP contribution is 2.32. The lowest BCUT2D eigenvalue weighted by Gasteiger charge is -2.24. The highest BCUT2D eigenvalue weighted by atomic mass is 35.5. The van der Waals surface area contributed by atoms with Gasteiger partial charge in [-0.15, -0.1) is 10.2 Å². The molecule has 18 heteroatoms. The average molecular weight is 1030 g/mol. The third kappa shape index (κ3) is 17.5. The Bertz CT molecular complexity index is 2620. The number of hydrogen-bond donors (Lipinski definition) is 4. The largest absolute Gasteiger partial charge is 0.491 e. The molecule has 4 N–H and O–H groups in total. The van der Waals surface area contributed by atoms with Crippen molar-refractivity contribution in [3.05, 3.63) is 134 Å². The molecule has 1 unspecified atom stereocenters. The van der Waals surface area contributed by atoms with Gasteiger partial charge in [0.2, 0.25) is 11.8 Å². The molecule has 7 rings (SSSR count). The Hall–Kier alpha value is -6.30. The van der Waals surface area contributed by atoms with Gasteiger partial charge in [0.05, 0.1) is 69.0 Å². The number of amidine groups is 2. The predicted molar refractivity (Wildman–Crippen MR) is 290 cm³/mol. The highest BCUT2D eigenvalue weighted by molar-refractivity contribution is 6.31. The highest BCUT2D eigenvalue weighted by Gasteiger charge is 2.26. The lowest BCUT2D eigenvalue weighted by atomic mass is 9.92. The van der Waals surface area contributed by atoms with Crippen LogP contribution < -0.4 is 20.3 Å². The molecular formula is C54H70Cl2N10O6. The number of halogens is 2. The quantitative estimate of drug-likeness (QED) is 0.0375. The van der Waals surface area contributed by atoms with E-state index < -0.39 is 0 Å². The zero-order chi connectivity index (χ0) is 52.6. The number of ether oxygens (including phenoxy) is 4. The monoisotopic (exact) mass is 1020 g/mol. The summed E-state index contributed by atoms with van der Waals surface area (Å²) in [4.78, 5) is 31.9. The summed E-state index contributed by atoms with van der Waals surface area (Å²) in [6.45, 7) is 21.8. The molecule has 0 spiro atoms. The number of aryl methyl sites for hydroxylation is 1. The van der Waals surface area contributed by atoms with Crippen LogP contribution in [-0.2, 0) is 30.3 Å². The first-order valence-electron chi connectivity index (χ1n) is 24.3. The summed E-state index contributed by atoms with van der Waals surface area (Å²) in [5.74, 6) is 3.31. The summed E-state index contributed by atoms with van der Waals surface area (Å²) >= 11 is 12.2. The zero-order valence-corrected chi connectivity index (χ0v) is 44.5. The lowest BCUT2D eigenvalue weighted by molar-refractivity contribution is -0.119. The van der Waals surface area contributed by atoms with Gasteiger partial charge in [-0.05, 0) is 93.3 Å². The lowest BCUT2D eigenvalue weighted by Crippen LogP contribution is -2.35. The molecule has 1 atom stereocenters. The van der Waals surface area contributed by atoms with Gasteiger partial charge in [-0.1, -0.05) is 81.2 Å². The molecule has 4 aromatic carbocycles. The molecule has 2 aliphatic heterocycles. The van der Waals surface area contributed by atoms with E-state index in [0.717, 1.165) is 63.3 Å². The summed E-state index contributed by atoms with van der Waals surface area (Å²) in [6, 6.07) is 27.5. The molecule has 2 aliphatic rings. The number of amides is 2. The average Bonchev–Trinajstić information content (AvgIpc) is 3.55. The van der Waals surface area contributed by atoms with Gasteiger partial charge in [0.15, 0.2) is 5.82 Å². The number of carbonyl (C=O) groups is 2. The number of fused-ring (bicyclic) bond motifs is 4. The molecule has 72 heavy (non-hydrogen) atoms. The first-order chi connectivity index (χ1) is 34.7. The number of nitrogens with zero attached hydrogens (tertiary/aromatic N) is 6. The molecule has 3 heterocycles. The Morgan fingerprint density at radius 2 is 1.22 bits per heavy atom. The molecule has 0 radical (unpaired) electrons. The van der Waals surface area contributed by atoms with Crippen LogP contribution in [0.15, 0.2) is 94.9 Å². The molecule has 1 aromatic heterocycles. The fourth-order valence-corrected chi connectivity index (χ4v) is 7.63. The van der Waals surface area contributed by atoms with Gasteiger partial charge in [0, 0.05) is 59.2 Å². The summed E-state index contributed by atoms with van der Waals surface area (Å²) in [5, 5.41) is 31.8. The van der Waals surface area contributed by atoms with Crippen molar-refractivity contribution in [1.29, 1.82) is 10.8 Å². The smallest absolute Gasteiger partial charge is 0.216 e. The van der Waals surface area contributed by atoms with E-state index in [-0.39, 0.29) is 30.0 Å². The normalized spacial score (nSPS) is 12.7. The maximum absolute atomic E-state index is 10.8. The number of nitrogens with one attached hydrogen (secondary N) is 4. The zero-order valence-electron chi connectivity index (χ0n) is 43.0. The summed E-state index contributed by atoms with van der Waals surface area (Å²) in [6.07, 6.45) is 1.10. The van der Waals surface area contributed by atoms with Gasteiger partial charge in [-0.3, -0.25) is 39.9 Å². The Balaban J connectivity index is 0.000000285. The number of benzodiazepines with no additional fused rings is 1. The first-order valence-corrected chi connectivity index (χ1v) is 25.1. The van der Waals surface area contributed by atoms with Crippen LogP contribution in [0.1, 0.15) is 107 Å². The predicted octanol–water partition coefficient (Wildman–Crippen LogP) is 9.80. The maximum atomic E-state index is 10.8. The molecule has 0 saturated carbocycles. The standard InChI is InChI=1S/C27H34ClN5O5.C21H21ClN4.C4H9NO.C2H6/c1-19(29)33-25-8-7-23(38-16-15-37-14-13-36-12-11-35-10-9-31-20(2)34)17-24(25)27(32-18-26(33)30)21-3-5-22(28)6-4-21;1-4-13(2)16-7-10-19-18(11-16)21(15-5-8-17(22)9-6-15)23-12-20-25-24-14(3)26(19)20;1-3-5-4(2)6;1-2/h3-8,17,29-30H,9-16,18H2,1-2H3,(H,31,34);5-11,13H,4,12H2,1-3H3;3H2,1-2H3,(H,5,6);1-2H3. The molecule has 16 nitrogen and oxygen atoms in total. The fourth-order valence-electron chi connectivity index (χ4n) is 7.38. The van der Waals surface area contributed by atoms with Crippen molar-refractivity contribution in [2.24, 2.45) is 9.98 Å². The Kier molecular flexibility index (Phi) is 24.7. The van der Waals surface area contributed by atoms with E-state index in [1.54, 1.807) is 24.0 Å². The van der Waals surface area contributed by atoms with Crippen molar-refractivity contribution in [3.8, 4) is 11.4 Å². The second kappa shape index (κ2) is 30.6. The number of aliphatic imine (C=N–C) groups is 2. The van der Waals surface area contributed by atoms with Gasteiger partial charge in [0.1, 0.15) is 36.4 Å². The summed E-state index contributed by atoms with van der Waals surface area (Å²) < 4.78 is 24.4. The van der Waals surface area contributed by atoms with Crippen LogP contribution in [0.25, 0.3) is 5.69 Å². The van der Waals surface area contributed by atoms with Crippen LogP contribution in [0.3, 0.4) is 0 Å². The topological polar surface area (TPSA) is 201 Å². The van der Waals surface area contributed by atoms with Crippen molar-refractivity contribution in [2.75, 3.05) is 70.8 Å². The number of carbonyl (C=O) groups excluding carboxylic acids is 2. The van der Waals surface area contributed by atoms with Gasteiger partial charge in [-0.25, -0.2) is 0 Å². The van der Waals surface area contributed by atoms with E-state index in [1.165, 1.54) is 19.4 Å². The van der Waals surface area contributed by atoms with Crippen LogP contribution in [-0.4, -0.2) is 116 Å². The summed E-state index contributed by atoms with van der Waals surface area (Å²) in [7, 11) is 0. The third-order valence-electron chi connectivity index (χ3n) is 10.9. The number of rotatable bonds is 18. The van der Waals surface area contributed by atoms with Gasteiger partial charge in [-0.2, -0.15) is 0 Å². The minimum atomic E-state index is -0.0736. The van der Waals surface area contributed by atoms with Crippen LogP contribution in [0.5, 0.6) is 5.75 Å². The minimum Gasteiger partial charge on any atom is -0.491 e. The van der Waals surface area contributed by atoms with Gasteiger partial charge >= 0.3 is 0 Å². The molecule has 0 bridgehead atoms. The molecule has 0 saturated heterocycles. The third-order valence-corrected chi connectivity index (χ3v) is 11.5. The van der Waals surface area contributed by atoms with E-state index >= 15 is 0 Å². The van der Waals surface area contributed by atoms with Crippen molar-refractivity contribution in [1.82, 2.24) is 25.4 Å². The van der Waals surface area contributed by atoms with Gasteiger partial charge < -0.3 is 29.6 Å². The van der Waals surface area contributed by atoms with Crippen molar-refractivity contribution >= 4 is 63.8 Å². The van der Waals surface area contributed by atoms with Crippen molar-refractivity contribution in [3.63, 3.8) is 0 Å². The Morgan fingerprint density at radius 1 is 0.694 bits per heavy atom. The number of hydrogen-bond acceptors (Lipinski definition) is 12. The van der Waals surface area contributed by atoms with Crippen LogP contribution >= 0.6 is 23.2 Å². The van der Waals surface area contributed by atoms with Crippen LogP contribution in [0, 0.1) is 17.7 Å². The number of aromatic nitrogens is 3. The van der Waals surface area contributed by atoms with Gasteiger partial charge in [0.25, 0.3) is 0 Å². The van der Waals surface area contributed by atoms with Crippen molar-refractivity contribution < 1.29 is 28.5 Å². The second-order valence-electron chi connectivity index (χ2n) is 16.2. The minimum absolute atomic E-state index is 0.0394. The SMILES string of the molecule is CC.CC(=N)N1C(=N)CN=C(c2ccc(Cl)cc2)c2cc(OCCOCCOCCOCCNC(C)=O)ccc21.CCC(C)c1ccc2c(c1)C(c1ccc(Cl)cc1)=NCc1nnc(C)n1-2.CCNC(C)=O. The number of anilines is 1. The number of benzene rings is 4. The van der Waals surface area contributed by atoms with Crippen molar-refractivity contribution in [2.45, 2.75) is 81.2 Å². The molecule has 0 fully saturated rings. The molecular weight excluding hydrogens is 956 g/mol. The molecule has 5 aromatic rings. The second-order valence-corrected chi connectivity index (χ2v) is 17.1. The fraction of sp³-hybridized carbons (Fsp3) is 0.407. The maximum Gasteiger partial charge on any atom is 0.216 e. The first kappa shape index (κ1) is 58.3. The molecule has 2 amide bonds. The van der Waals surface area contributed by atoms with E-state index in [9.17, 15) is 9.59 Å². The molecule has 0 aliphatic carbocycles. The van der Waals surface area contributed by atoms with E-state index in [1.807, 2.05) is 82.3 Å². The Labute approximate surface area is 434 Å². The Morgan fingerprint density at radius 3 is 1.75 bits per heavy atom. The van der Waals surface area contributed by atoms with E-state index in [0.29, 0.717) is 87.4 Å². The van der Waals surface area contributed by atoms with E-state index in [2.05, 4.69) is 62.4 Å². The van der Waals surface area contributed by atoms with Crippen LogP contribution in [0.4, 0.5) is 5.69 Å². The summed E-state index contributed by atoms with van der Waals surface area (Å²) in [5.41, 5.74) is 8.62. The van der Waals surface area contributed by atoms with E-state index in [4.69, 9.17) is 58.0 Å².